The molecule has 0 spiro atoms. The van der Waals surface area contributed by atoms with Crippen molar-refractivity contribution in [2.24, 2.45) is 0 Å². The summed E-state index contributed by atoms with van der Waals surface area (Å²) < 4.78 is 0. The molecule has 1 unspecified atom stereocenters. The molecule has 36 heavy (non-hydrogen) atoms. The van der Waals surface area contributed by atoms with Crippen LogP contribution in [0.5, 0.6) is 0 Å². The van der Waals surface area contributed by atoms with E-state index < -0.39 is 0 Å². The van der Waals surface area contributed by atoms with Crippen LogP contribution < -0.4 is 10.6 Å². The topological polar surface area (TPSA) is 86.1 Å². The zero-order chi connectivity index (χ0) is 25.3. The lowest BCUT2D eigenvalue weighted by molar-refractivity contribution is 0.0395. The maximum Gasteiger partial charge on any atom is 0.227 e. The van der Waals surface area contributed by atoms with Gasteiger partial charge >= 0.3 is 0 Å². The molecule has 2 fully saturated rings. The Hall–Kier alpha value is -3.18. The molecule has 5 rings (SSSR count). The Kier molecular flexibility index (Phi) is 9.12. The van der Waals surface area contributed by atoms with Crippen LogP contribution in [-0.2, 0) is 0 Å². The number of hydrogen-bond acceptors (Lipinski definition) is 6. The van der Waals surface area contributed by atoms with Gasteiger partial charge in [0.1, 0.15) is 11.6 Å². The van der Waals surface area contributed by atoms with Gasteiger partial charge in [0.25, 0.3) is 0 Å². The van der Waals surface area contributed by atoms with Gasteiger partial charge in [0.2, 0.25) is 6.54 Å². The number of piperidine rings is 2. The third-order valence-corrected chi connectivity index (χ3v) is 7.21. The Balaban J connectivity index is 0.000000556. The summed E-state index contributed by atoms with van der Waals surface area (Å²) in [7, 11) is 0. The van der Waals surface area contributed by atoms with Gasteiger partial charge in [0.15, 0.2) is 5.82 Å². The molecule has 2 bridgehead atoms. The van der Waals surface area contributed by atoms with Crippen molar-refractivity contribution in [1.29, 1.82) is 0 Å². The molecule has 3 N–H and O–H groups in total. The van der Waals surface area contributed by atoms with Crippen LogP contribution in [0.1, 0.15) is 70.9 Å². The number of hydrogen-bond donors (Lipinski definition) is 3. The molecule has 8 heteroatoms. The molecule has 0 radical (unpaired) electrons. The lowest BCUT2D eigenvalue weighted by Crippen LogP contribution is -2.55. The van der Waals surface area contributed by atoms with Gasteiger partial charge in [0, 0.05) is 47.5 Å². The number of aryl methyl sites for hydroxylation is 1. The van der Waals surface area contributed by atoms with Gasteiger partial charge in [-0.25, -0.2) is 11.6 Å². The normalized spacial score (nSPS) is 21.3. The summed E-state index contributed by atoms with van der Waals surface area (Å²) in [5, 5.41) is 15.3. The zero-order valence-electron chi connectivity index (χ0n) is 21.9. The third-order valence-electron chi connectivity index (χ3n) is 7.21. The Morgan fingerprint density at radius 3 is 2.56 bits per heavy atom. The van der Waals surface area contributed by atoms with Crippen molar-refractivity contribution in [3.05, 3.63) is 47.6 Å². The smallest absolute Gasteiger partial charge is 0.227 e. The Labute approximate surface area is 215 Å². The average molecular weight is 489 g/mol. The number of nitrogens with one attached hydrogen (secondary N) is 3. The molecule has 3 aromatic heterocycles. The monoisotopic (exact) mass is 488 g/mol. The second-order valence-electron chi connectivity index (χ2n) is 10.0. The molecule has 2 aliphatic heterocycles. The van der Waals surface area contributed by atoms with Crippen LogP contribution in [0.15, 0.2) is 30.5 Å². The highest BCUT2D eigenvalue weighted by Crippen LogP contribution is 2.36. The summed E-state index contributed by atoms with van der Waals surface area (Å²) in [5.41, 5.74) is 1.90. The number of nitrogens with zero attached hydrogens (tertiary/aromatic N) is 5. The molecule has 192 valence electrons. The van der Waals surface area contributed by atoms with E-state index in [-0.39, 0.29) is 0 Å². The maximum atomic E-state index is 7.15. The maximum absolute atomic E-state index is 7.15. The second-order valence-corrected chi connectivity index (χ2v) is 10.0. The number of aromatic amines is 1. The van der Waals surface area contributed by atoms with Crippen molar-refractivity contribution in [2.45, 2.75) is 90.3 Å². The Bertz CT molecular complexity index is 1130. The zero-order valence-corrected chi connectivity index (χ0v) is 21.9. The van der Waals surface area contributed by atoms with Gasteiger partial charge in [-0.15, -0.1) is 0 Å². The molecule has 0 aromatic carbocycles. The summed E-state index contributed by atoms with van der Waals surface area (Å²) in [6.07, 6.45) is 11.8. The first-order valence-electron chi connectivity index (χ1n) is 13.5. The van der Waals surface area contributed by atoms with Gasteiger partial charge in [-0.05, 0) is 44.7 Å². The number of fused-ring (bicyclic) bond motifs is 3. The van der Waals surface area contributed by atoms with E-state index in [0.717, 1.165) is 53.4 Å². The van der Waals surface area contributed by atoms with Gasteiger partial charge in [0.05, 0.1) is 12.1 Å². The lowest BCUT2D eigenvalue weighted by Gasteiger charge is -2.48. The number of H-pyrrole nitrogens is 1. The molecule has 8 nitrogen and oxygen atoms in total. The van der Waals surface area contributed by atoms with E-state index in [0.29, 0.717) is 24.7 Å². The number of pyridine rings is 2. The number of aromatic nitrogens is 4. The SMILES string of the molecule is CCCCC.[C-]#[N+]CCN1[C@@H]2CCC[C@H]1CC(Nc1nc(Nc3cc(C)[nH]n3)cc3ncccc13)C2. The van der Waals surface area contributed by atoms with Crippen LogP contribution in [0.2, 0.25) is 0 Å². The van der Waals surface area contributed by atoms with Gasteiger partial charge in [-0.1, -0.05) is 39.5 Å². The van der Waals surface area contributed by atoms with E-state index in [1.54, 1.807) is 0 Å². The highest BCUT2D eigenvalue weighted by atomic mass is 15.2. The molecule has 3 aromatic rings. The Morgan fingerprint density at radius 1 is 1.14 bits per heavy atom. The predicted octanol–water partition coefficient (Wildman–Crippen LogP) is 6.32. The summed E-state index contributed by atoms with van der Waals surface area (Å²) in [6.45, 7) is 15.1. The molecule has 0 saturated carbocycles. The number of anilines is 3. The minimum Gasteiger partial charge on any atom is -0.367 e. The molecular weight excluding hydrogens is 448 g/mol. The first-order chi connectivity index (χ1) is 17.6. The van der Waals surface area contributed by atoms with Crippen molar-refractivity contribution in [3.63, 3.8) is 0 Å². The van der Waals surface area contributed by atoms with Gasteiger partial charge in [-0.2, -0.15) is 5.10 Å². The minimum atomic E-state index is 0.373. The molecule has 2 aliphatic rings. The van der Waals surface area contributed by atoms with E-state index in [1.807, 2.05) is 31.3 Å². The van der Waals surface area contributed by atoms with Crippen LogP contribution in [0.25, 0.3) is 15.7 Å². The van der Waals surface area contributed by atoms with Crippen LogP contribution in [0, 0.1) is 13.5 Å². The molecular formula is C28H40N8. The molecule has 0 aliphatic carbocycles. The molecule has 2 saturated heterocycles. The van der Waals surface area contributed by atoms with E-state index in [1.165, 1.54) is 38.5 Å². The van der Waals surface area contributed by atoms with E-state index in [4.69, 9.17) is 11.6 Å². The van der Waals surface area contributed by atoms with E-state index >= 15 is 0 Å². The summed E-state index contributed by atoms with van der Waals surface area (Å²) in [5.74, 6) is 2.35. The van der Waals surface area contributed by atoms with Crippen molar-refractivity contribution in [2.75, 3.05) is 23.7 Å². The second kappa shape index (κ2) is 12.7. The molecule has 3 atom stereocenters. The summed E-state index contributed by atoms with van der Waals surface area (Å²) >= 11 is 0. The summed E-state index contributed by atoms with van der Waals surface area (Å²) in [6, 6.07) is 9.45. The van der Waals surface area contributed by atoms with Gasteiger partial charge < -0.3 is 15.5 Å². The fourth-order valence-electron chi connectivity index (χ4n) is 5.54. The fraction of sp³-hybridized carbons (Fsp3) is 0.571. The Morgan fingerprint density at radius 2 is 1.92 bits per heavy atom. The largest absolute Gasteiger partial charge is 0.367 e. The highest BCUT2D eigenvalue weighted by Gasteiger charge is 2.38. The molecule has 5 heterocycles. The lowest BCUT2D eigenvalue weighted by atomic mass is 9.81. The molecule has 0 amide bonds. The number of unbranched alkanes of at least 4 members (excludes halogenated alkanes) is 2. The van der Waals surface area contributed by atoms with Crippen molar-refractivity contribution >= 4 is 28.4 Å². The predicted molar refractivity (Wildman–Crippen MR) is 148 cm³/mol. The fourth-order valence-corrected chi connectivity index (χ4v) is 5.54. The minimum absolute atomic E-state index is 0.373. The van der Waals surface area contributed by atoms with Crippen molar-refractivity contribution in [1.82, 2.24) is 25.1 Å². The highest BCUT2D eigenvalue weighted by molar-refractivity contribution is 5.91. The van der Waals surface area contributed by atoms with Crippen LogP contribution in [0.3, 0.4) is 0 Å². The standard InChI is InChI=1S/C23H28N8.C5H12/c1-15-11-22(30-29-15)27-21-14-20-19(7-4-8-25-20)23(28-21)26-16-12-17-5-3-6-18(13-16)31(17)10-9-24-2;1-3-5-4-2/h4,7-8,11,14,16-18H,3,5-6,9-10,12-13H2,1H3,(H3,26,27,28,29,30);3-5H2,1-2H3/t16?,17-,18+;. The van der Waals surface area contributed by atoms with Crippen molar-refractivity contribution in [3.8, 4) is 0 Å². The third kappa shape index (κ3) is 6.52. The number of rotatable bonds is 8. The van der Waals surface area contributed by atoms with Gasteiger partial charge in [-0.3, -0.25) is 15.0 Å². The average Bonchev–Trinajstić information content (AvgIpc) is 3.28. The van der Waals surface area contributed by atoms with Crippen LogP contribution in [-0.4, -0.2) is 56.3 Å². The van der Waals surface area contributed by atoms with Crippen LogP contribution >= 0.6 is 0 Å². The first kappa shape index (κ1) is 25.9. The van der Waals surface area contributed by atoms with E-state index in [9.17, 15) is 0 Å². The van der Waals surface area contributed by atoms with Crippen LogP contribution in [0.4, 0.5) is 17.5 Å². The van der Waals surface area contributed by atoms with Crippen molar-refractivity contribution < 1.29 is 0 Å². The van der Waals surface area contributed by atoms with E-state index in [2.05, 4.69) is 55.5 Å². The quantitative estimate of drug-likeness (QED) is 0.322. The summed E-state index contributed by atoms with van der Waals surface area (Å²) in [4.78, 5) is 15.6. The first-order valence-corrected chi connectivity index (χ1v) is 13.5.